The van der Waals surface area contributed by atoms with Gasteiger partial charge >= 0.3 is 5.97 Å². The smallest absolute Gasteiger partial charge is 0.338 e. The first-order valence-corrected chi connectivity index (χ1v) is 10.2. The fraction of sp³-hybridized carbons (Fsp3) is 0.227. The Morgan fingerprint density at radius 1 is 1.14 bits per heavy atom. The number of amidine groups is 1. The molecule has 148 valence electrons. The van der Waals surface area contributed by atoms with Crippen molar-refractivity contribution in [1.82, 2.24) is 4.90 Å². The molecule has 7 heteroatoms. The molecule has 2 aliphatic heterocycles. The molecule has 0 spiro atoms. The van der Waals surface area contributed by atoms with Gasteiger partial charge in [-0.1, -0.05) is 42.1 Å². The van der Waals surface area contributed by atoms with Crippen LogP contribution in [-0.2, 0) is 14.3 Å². The predicted molar refractivity (Wildman–Crippen MR) is 112 cm³/mol. The first-order chi connectivity index (χ1) is 14.1. The average molecular weight is 408 g/mol. The van der Waals surface area contributed by atoms with E-state index in [1.807, 2.05) is 54.6 Å². The minimum atomic E-state index is -0.602. The molecule has 29 heavy (non-hydrogen) atoms. The molecule has 2 aromatic rings. The lowest BCUT2D eigenvalue weighted by Crippen LogP contribution is -2.45. The molecule has 0 saturated carbocycles. The third-order valence-electron chi connectivity index (χ3n) is 4.76. The van der Waals surface area contributed by atoms with Crippen LogP contribution in [0.1, 0.15) is 24.9 Å². The molecule has 4 rings (SSSR count). The van der Waals surface area contributed by atoms with Crippen LogP contribution >= 0.6 is 11.8 Å². The molecule has 2 aromatic carbocycles. The minimum absolute atomic E-state index is 0.0595. The van der Waals surface area contributed by atoms with E-state index in [4.69, 9.17) is 9.47 Å². The Bertz CT molecular complexity index is 1020. The molecular weight excluding hydrogens is 388 g/mol. The van der Waals surface area contributed by atoms with Crippen molar-refractivity contribution in [2.75, 3.05) is 12.9 Å². The van der Waals surface area contributed by atoms with E-state index in [-0.39, 0.29) is 5.91 Å². The van der Waals surface area contributed by atoms with Crippen molar-refractivity contribution in [1.29, 1.82) is 0 Å². The number of rotatable bonds is 4. The van der Waals surface area contributed by atoms with Crippen molar-refractivity contribution < 1.29 is 19.1 Å². The molecule has 1 saturated heterocycles. The maximum absolute atomic E-state index is 12.8. The van der Waals surface area contributed by atoms with Crippen molar-refractivity contribution in [2.24, 2.45) is 4.99 Å². The van der Waals surface area contributed by atoms with Crippen molar-refractivity contribution >= 4 is 28.8 Å². The molecule has 0 unspecified atom stereocenters. The Kier molecular flexibility index (Phi) is 5.40. The van der Waals surface area contributed by atoms with Gasteiger partial charge in [0.05, 0.1) is 24.4 Å². The molecule has 2 heterocycles. The van der Waals surface area contributed by atoms with Crippen molar-refractivity contribution in [3.63, 3.8) is 0 Å². The Morgan fingerprint density at radius 3 is 2.66 bits per heavy atom. The van der Waals surface area contributed by atoms with E-state index < -0.39 is 12.0 Å². The summed E-state index contributed by atoms with van der Waals surface area (Å²) >= 11 is 1.52. The summed E-state index contributed by atoms with van der Waals surface area (Å²) in [6.45, 7) is 1.77. The zero-order valence-corrected chi connectivity index (χ0v) is 16.9. The number of aliphatic imine (C=N–C) groups is 1. The van der Waals surface area contributed by atoms with Gasteiger partial charge in [0, 0.05) is 12.2 Å². The molecule has 1 amide bonds. The van der Waals surface area contributed by atoms with Gasteiger partial charge in [0.1, 0.15) is 11.5 Å². The Morgan fingerprint density at radius 2 is 1.90 bits per heavy atom. The number of carbonyl (C=O) groups is 2. The van der Waals surface area contributed by atoms with Crippen LogP contribution in [0.4, 0.5) is 0 Å². The number of fused-ring (bicyclic) bond motifs is 1. The summed E-state index contributed by atoms with van der Waals surface area (Å²) in [4.78, 5) is 31.5. The monoisotopic (exact) mass is 408 g/mol. The SMILES string of the molecule is COC(=O)C1=C(C)N=C2SCCC(=O)N2[C@H]1c1cccc(Oc2ccccc2)c1. The molecule has 1 fully saturated rings. The maximum Gasteiger partial charge on any atom is 0.338 e. The largest absolute Gasteiger partial charge is 0.466 e. The number of allylic oxidation sites excluding steroid dienone is 1. The number of nitrogens with zero attached hydrogens (tertiary/aromatic N) is 2. The van der Waals surface area contributed by atoms with E-state index in [9.17, 15) is 9.59 Å². The van der Waals surface area contributed by atoms with Crippen molar-refractivity contribution in [3.05, 3.63) is 71.4 Å². The van der Waals surface area contributed by atoms with Gasteiger partial charge in [-0.05, 0) is 36.8 Å². The van der Waals surface area contributed by atoms with Crippen LogP contribution in [-0.4, -0.2) is 34.8 Å². The van der Waals surface area contributed by atoms with Crippen LogP contribution in [0.3, 0.4) is 0 Å². The summed E-state index contributed by atoms with van der Waals surface area (Å²) in [5.74, 6) is 1.46. The Labute approximate surface area is 173 Å². The maximum atomic E-state index is 12.8. The number of amides is 1. The van der Waals surface area contributed by atoms with E-state index in [1.54, 1.807) is 11.8 Å². The standard InChI is InChI=1S/C22H20N2O4S/c1-14-19(21(26)27-2)20(24-18(25)11-12-29-22(24)23-14)15-7-6-10-17(13-15)28-16-8-4-3-5-9-16/h3-10,13,20H,11-12H2,1-2H3/t20-/m0/s1. The number of methoxy groups -OCH3 is 1. The molecule has 0 N–H and O–H groups in total. The molecule has 6 nitrogen and oxygen atoms in total. The van der Waals surface area contributed by atoms with Crippen LogP contribution in [0.15, 0.2) is 70.9 Å². The zero-order valence-electron chi connectivity index (χ0n) is 16.1. The first-order valence-electron chi connectivity index (χ1n) is 9.24. The van der Waals surface area contributed by atoms with Crippen LogP contribution in [0.5, 0.6) is 11.5 Å². The minimum Gasteiger partial charge on any atom is -0.466 e. The highest BCUT2D eigenvalue weighted by Gasteiger charge is 2.41. The number of esters is 1. The fourth-order valence-corrected chi connectivity index (χ4v) is 4.46. The van der Waals surface area contributed by atoms with E-state index >= 15 is 0 Å². The summed E-state index contributed by atoms with van der Waals surface area (Å²) in [5, 5.41) is 0.616. The highest BCUT2D eigenvalue weighted by Crippen LogP contribution is 2.41. The van der Waals surface area contributed by atoms with Crippen LogP contribution < -0.4 is 4.74 Å². The summed E-state index contributed by atoms with van der Waals surface area (Å²) in [6.07, 6.45) is 0.397. The predicted octanol–water partition coefficient (Wildman–Crippen LogP) is 4.30. The number of hydrogen-bond donors (Lipinski definition) is 0. The second-order valence-electron chi connectivity index (χ2n) is 6.64. The zero-order chi connectivity index (χ0) is 20.4. The van der Waals surface area contributed by atoms with E-state index in [0.29, 0.717) is 40.1 Å². The Balaban J connectivity index is 1.78. The fourth-order valence-electron chi connectivity index (χ4n) is 3.46. The lowest BCUT2D eigenvalue weighted by atomic mass is 9.94. The average Bonchev–Trinajstić information content (AvgIpc) is 2.73. The van der Waals surface area contributed by atoms with Gasteiger partial charge in [0.2, 0.25) is 5.91 Å². The van der Waals surface area contributed by atoms with Crippen LogP contribution in [0.25, 0.3) is 0 Å². The first kappa shape index (κ1) is 19.3. The van der Waals surface area contributed by atoms with Gasteiger partial charge in [-0.3, -0.25) is 9.69 Å². The van der Waals surface area contributed by atoms with E-state index in [0.717, 1.165) is 5.56 Å². The van der Waals surface area contributed by atoms with Gasteiger partial charge in [-0.25, -0.2) is 9.79 Å². The molecular formula is C22H20N2O4S. The van der Waals surface area contributed by atoms with Gasteiger partial charge in [-0.2, -0.15) is 0 Å². The van der Waals surface area contributed by atoms with Gasteiger partial charge < -0.3 is 9.47 Å². The Hall–Kier alpha value is -3.06. The molecule has 0 radical (unpaired) electrons. The molecule has 0 bridgehead atoms. The number of para-hydroxylation sites is 1. The van der Waals surface area contributed by atoms with E-state index in [1.165, 1.54) is 18.9 Å². The lowest BCUT2D eigenvalue weighted by Gasteiger charge is -2.38. The molecule has 1 atom stereocenters. The third-order valence-corrected chi connectivity index (χ3v) is 5.72. The summed E-state index contributed by atoms with van der Waals surface area (Å²) in [7, 11) is 1.33. The summed E-state index contributed by atoms with van der Waals surface area (Å²) in [5.41, 5.74) is 1.69. The van der Waals surface area contributed by atoms with Gasteiger partial charge in [0.15, 0.2) is 5.17 Å². The third kappa shape index (κ3) is 3.78. The van der Waals surface area contributed by atoms with Crippen molar-refractivity contribution in [3.8, 4) is 11.5 Å². The molecule has 0 aliphatic carbocycles. The lowest BCUT2D eigenvalue weighted by molar-refractivity contribution is -0.137. The number of benzene rings is 2. The topological polar surface area (TPSA) is 68.2 Å². The molecule has 0 aromatic heterocycles. The van der Waals surface area contributed by atoms with E-state index in [2.05, 4.69) is 4.99 Å². The van der Waals surface area contributed by atoms with Crippen LogP contribution in [0.2, 0.25) is 0 Å². The summed E-state index contributed by atoms with van der Waals surface area (Å²) < 4.78 is 11.0. The van der Waals surface area contributed by atoms with Crippen LogP contribution in [0, 0.1) is 0 Å². The highest BCUT2D eigenvalue weighted by molar-refractivity contribution is 8.14. The number of thioether (sulfide) groups is 1. The summed E-state index contributed by atoms with van der Waals surface area (Å²) in [6, 6.07) is 16.3. The molecule has 2 aliphatic rings. The van der Waals surface area contributed by atoms with Crippen molar-refractivity contribution in [2.45, 2.75) is 19.4 Å². The normalized spacial score (nSPS) is 18.8. The second kappa shape index (κ2) is 8.13. The highest BCUT2D eigenvalue weighted by atomic mass is 32.2. The number of ether oxygens (including phenoxy) is 2. The number of carbonyl (C=O) groups excluding carboxylic acids is 2. The number of hydrogen-bond acceptors (Lipinski definition) is 6. The van der Waals surface area contributed by atoms with Gasteiger partial charge in [-0.15, -0.1) is 0 Å². The quantitative estimate of drug-likeness (QED) is 0.706. The second-order valence-corrected chi connectivity index (χ2v) is 7.70. The van der Waals surface area contributed by atoms with Gasteiger partial charge in [0.25, 0.3) is 0 Å².